The fourth-order valence-electron chi connectivity index (χ4n) is 8.69. The number of benzene rings is 9. The van der Waals surface area contributed by atoms with Crippen LogP contribution in [0, 0.1) is 39.3 Å². The molecule has 4 heteroatoms. The fraction of sp³-hybridized carbons (Fsp3) is 0.226. The summed E-state index contributed by atoms with van der Waals surface area (Å²) in [5.74, 6) is 0.230. The van der Waals surface area contributed by atoms with Gasteiger partial charge in [0.2, 0.25) is 0 Å². The molecule has 0 fully saturated rings. The van der Waals surface area contributed by atoms with Gasteiger partial charge >= 0.3 is 51.4 Å². The summed E-state index contributed by atoms with van der Waals surface area (Å²) < 4.78 is 26.9. The van der Waals surface area contributed by atoms with Crippen molar-refractivity contribution in [1.82, 2.24) is 0 Å². The molecule has 0 spiro atoms. The van der Waals surface area contributed by atoms with E-state index < -0.39 is 0 Å². The van der Waals surface area contributed by atoms with E-state index in [9.17, 15) is 8.78 Å². The molecule has 0 bridgehead atoms. The van der Waals surface area contributed by atoms with E-state index in [-0.39, 0.29) is 81.9 Å². The summed E-state index contributed by atoms with van der Waals surface area (Å²) in [6.45, 7) is 19.8. The molecule has 0 radical (unpaired) electrons. The van der Waals surface area contributed by atoms with Gasteiger partial charge in [-0.15, -0.1) is 0 Å². The van der Waals surface area contributed by atoms with Gasteiger partial charge < -0.3 is 13.5 Å². The Morgan fingerprint density at radius 3 is 1.45 bits per heavy atom. The van der Waals surface area contributed by atoms with Gasteiger partial charge in [0.05, 0.1) is 0 Å². The molecule has 10 rings (SSSR count). The first-order chi connectivity index (χ1) is 30.8. The maximum atomic E-state index is 13.5. The molecule has 1 atom stereocenters. The molecule has 1 unspecified atom stereocenters. The Bertz CT molecular complexity index is 2900. The van der Waals surface area contributed by atoms with E-state index in [1.54, 1.807) is 12.1 Å². The average Bonchev–Trinajstić information content (AvgIpc) is 3.53. The van der Waals surface area contributed by atoms with Crippen LogP contribution in [0.4, 0.5) is 8.78 Å². The van der Waals surface area contributed by atoms with Crippen LogP contribution in [0.5, 0.6) is 0 Å². The summed E-state index contributed by atoms with van der Waals surface area (Å²) in [4.78, 5) is 0. The van der Waals surface area contributed by atoms with Crippen LogP contribution in [0.1, 0.15) is 97.9 Å². The van der Waals surface area contributed by atoms with E-state index in [1.165, 1.54) is 66.4 Å². The molecule has 9 aromatic rings. The SMILES string of the molecule is CCC(C)c1ccc(F)c2ccccc12.CCCc1ccc(F)c2ccccc12.Cc1ccc2c(c1)C(C)(C)c1cc(C)c3ccccc3c1-2.Cc1ccccc1.Cc1ccccc1.[K+].[SH-]. The summed E-state index contributed by atoms with van der Waals surface area (Å²) in [7, 11) is 0. The van der Waals surface area contributed by atoms with Crippen LogP contribution in [0.3, 0.4) is 0 Å². The van der Waals surface area contributed by atoms with Gasteiger partial charge in [0.25, 0.3) is 0 Å². The maximum Gasteiger partial charge on any atom is 1.00 e. The van der Waals surface area contributed by atoms with Gasteiger partial charge in [-0.25, -0.2) is 8.78 Å². The minimum Gasteiger partial charge on any atom is -0.813 e. The van der Waals surface area contributed by atoms with Crippen molar-refractivity contribution in [3.05, 3.63) is 238 Å². The summed E-state index contributed by atoms with van der Waals surface area (Å²) >= 11 is 0. The zero-order chi connectivity index (χ0) is 45.8. The number of thiol groups is 1. The van der Waals surface area contributed by atoms with Crippen molar-refractivity contribution in [2.45, 2.75) is 92.9 Å². The Labute approximate surface area is 443 Å². The molecule has 66 heavy (non-hydrogen) atoms. The summed E-state index contributed by atoms with van der Waals surface area (Å²) in [5, 5.41) is 6.33. The largest absolute Gasteiger partial charge is 1.00 e. The van der Waals surface area contributed by atoms with Crippen molar-refractivity contribution in [2.24, 2.45) is 0 Å². The molecule has 0 aliphatic heterocycles. The first-order valence-electron chi connectivity index (χ1n) is 22.9. The van der Waals surface area contributed by atoms with Crippen LogP contribution >= 0.6 is 0 Å². The summed E-state index contributed by atoms with van der Waals surface area (Å²) in [6.07, 6.45) is 3.19. The van der Waals surface area contributed by atoms with Crippen molar-refractivity contribution in [3.63, 3.8) is 0 Å². The Hall–Kier alpha value is -4.39. The van der Waals surface area contributed by atoms with Gasteiger partial charge in [-0.2, -0.15) is 0 Å². The second-order valence-corrected chi connectivity index (χ2v) is 17.6. The van der Waals surface area contributed by atoms with Crippen molar-refractivity contribution < 1.29 is 60.2 Å². The predicted molar refractivity (Wildman–Crippen MR) is 283 cm³/mol. The molecule has 0 amide bonds. The van der Waals surface area contributed by atoms with E-state index in [0.717, 1.165) is 40.8 Å². The predicted octanol–water partition coefficient (Wildman–Crippen LogP) is 14.9. The van der Waals surface area contributed by atoms with Crippen molar-refractivity contribution in [3.8, 4) is 11.1 Å². The molecule has 0 aromatic heterocycles. The number of halogens is 2. The van der Waals surface area contributed by atoms with Crippen molar-refractivity contribution in [1.29, 1.82) is 0 Å². The fourth-order valence-corrected chi connectivity index (χ4v) is 8.69. The topological polar surface area (TPSA) is 0 Å². The van der Waals surface area contributed by atoms with Crippen LogP contribution in [-0.4, -0.2) is 0 Å². The normalized spacial score (nSPS) is 11.9. The molecule has 0 N–H and O–H groups in total. The Kier molecular flexibility index (Phi) is 21.1. The van der Waals surface area contributed by atoms with E-state index in [1.807, 2.05) is 97.1 Å². The summed E-state index contributed by atoms with van der Waals surface area (Å²) in [6, 6.07) is 60.9. The molecule has 0 saturated heterocycles. The van der Waals surface area contributed by atoms with Crippen LogP contribution in [0.15, 0.2) is 182 Å². The van der Waals surface area contributed by atoms with Gasteiger partial charge in [-0.1, -0.05) is 228 Å². The number of hydrogen-bond donors (Lipinski definition) is 0. The minimum atomic E-state index is -0.127. The zero-order valence-corrected chi connectivity index (χ0v) is 44.7. The Balaban J connectivity index is 0.000000189. The molecule has 1 aliphatic rings. The zero-order valence-electron chi connectivity index (χ0n) is 40.7. The van der Waals surface area contributed by atoms with Crippen molar-refractivity contribution in [2.75, 3.05) is 0 Å². The van der Waals surface area contributed by atoms with Gasteiger partial charge in [-0.05, 0) is 119 Å². The van der Waals surface area contributed by atoms with Gasteiger partial charge in [0, 0.05) is 16.2 Å². The molecule has 334 valence electrons. The van der Waals surface area contributed by atoms with E-state index in [0.29, 0.717) is 5.92 Å². The molecule has 0 heterocycles. The number of fused-ring (bicyclic) bond motifs is 7. The smallest absolute Gasteiger partial charge is 0.813 e. The standard InChI is InChI=1S/C21H20.C14H15F.C13H13F.2C7H8.K.H2S/c1-13-9-10-17-18(11-13)21(3,4)19-12-14(2)15-7-5-6-8-16(15)20(17)19;1-3-10(2)11-8-9-14(15)13-7-5-4-6-12(11)13;1-2-5-10-8-9-13(14)12-7-4-3-6-11(10)12;2*1-7-5-3-2-4-6-7;;/h5-12H,1-4H3;4-10H,3H2,1-2H3;3-4,6-9H,2,5H2,1H3;2*2-6H,1H3;;1H2/q;;;;;+1;/p-1. The van der Waals surface area contributed by atoms with Gasteiger partial charge in [0.15, 0.2) is 0 Å². The minimum absolute atomic E-state index is 0. The van der Waals surface area contributed by atoms with Crippen LogP contribution < -0.4 is 51.4 Å². The molecular formula is C62H65F2KS. The molecule has 1 aliphatic carbocycles. The van der Waals surface area contributed by atoms with E-state index >= 15 is 0 Å². The van der Waals surface area contributed by atoms with Crippen LogP contribution in [-0.2, 0) is 25.3 Å². The van der Waals surface area contributed by atoms with E-state index in [2.05, 4.69) is 135 Å². The number of rotatable bonds is 4. The third-order valence-corrected chi connectivity index (χ3v) is 12.5. The molecule has 0 saturated carbocycles. The molecule has 0 nitrogen and oxygen atoms in total. The van der Waals surface area contributed by atoms with Gasteiger partial charge in [-0.3, -0.25) is 0 Å². The Morgan fingerprint density at radius 2 is 0.939 bits per heavy atom. The average molecular weight is 919 g/mol. The van der Waals surface area contributed by atoms with Crippen molar-refractivity contribution >= 4 is 45.8 Å². The second kappa shape index (κ2) is 25.7. The van der Waals surface area contributed by atoms with Crippen LogP contribution in [0.2, 0.25) is 0 Å². The second-order valence-electron chi connectivity index (χ2n) is 17.6. The summed E-state index contributed by atoms with van der Waals surface area (Å²) in [5.41, 5.74) is 13.7. The van der Waals surface area contributed by atoms with Crippen LogP contribution in [0.25, 0.3) is 43.4 Å². The maximum absolute atomic E-state index is 13.5. The number of aryl methyl sites for hydroxylation is 5. The third-order valence-electron chi connectivity index (χ3n) is 12.5. The molecule has 9 aromatic carbocycles. The van der Waals surface area contributed by atoms with Gasteiger partial charge in [0.1, 0.15) is 11.6 Å². The monoisotopic (exact) mass is 918 g/mol. The third kappa shape index (κ3) is 13.2. The first kappa shape index (κ1) is 54.2. The van der Waals surface area contributed by atoms with E-state index in [4.69, 9.17) is 0 Å². The first-order valence-corrected chi connectivity index (χ1v) is 22.9. The number of hydrogen-bond acceptors (Lipinski definition) is 1. The quantitative estimate of drug-likeness (QED) is 0.0963. The Morgan fingerprint density at radius 1 is 0.470 bits per heavy atom. The molecular weight excluding hydrogens is 854 g/mol.